The fraction of sp³-hybridized carbons (Fsp3) is 0.308. The number of hydrogen-bond donors (Lipinski definition) is 2. The smallest absolute Gasteiger partial charge is 0.412 e. The summed E-state index contributed by atoms with van der Waals surface area (Å²) >= 11 is 7.98. The van der Waals surface area contributed by atoms with E-state index in [1.54, 1.807) is 31.7 Å². The average molecular weight is 500 g/mol. The monoisotopic (exact) mass is 499 g/mol. The van der Waals surface area contributed by atoms with Crippen LogP contribution in [0.4, 0.5) is 10.5 Å². The molecule has 3 aromatic rings. The quantitative estimate of drug-likeness (QED) is 0.288. The van der Waals surface area contributed by atoms with Crippen molar-refractivity contribution in [1.82, 2.24) is 5.16 Å². The lowest BCUT2D eigenvalue weighted by Gasteiger charge is -2.15. The highest BCUT2D eigenvalue weighted by Gasteiger charge is 2.20. The molecule has 0 aliphatic carbocycles. The normalized spacial score (nSPS) is 12.7. The molecule has 3 rings (SSSR count). The van der Waals surface area contributed by atoms with E-state index in [2.05, 4.69) is 24.0 Å². The highest BCUT2D eigenvalue weighted by molar-refractivity contribution is 7.98. The van der Waals surface area contributed by atoms with Gasteiger partial charge in [0.05, 0.1) is 0 Å². The Morgan fingerprint density at radius 3 is 2.65 bits per heavy atom. The van der Waals surface area contributed by atoms with Crippen molar-refractivity contribution in [3.63, 3.8) is 0 Å². The first-order valence-corrected chi connectivity index (χ1v) is 12.6. The first-order valence-electron chi connectivity index (χ1n) is 11.1. The fourth-order valence-corrected chi connectivity index (χ4v) is 4.64. The minimum atomic E-state index is -0.613. The van der Waals surface area contributed by atoms with E-state index >= 15 is 0 Å². The van der Waals surface area contributed by atoms with Gasteiger partial charge in [0.15, 0.2) is 5.76 Å². The summed E-state index contributed by atoms with van der Waals surface area (Å²) in [6.45, 7) is 9.61. The van der Waals surface area contributed by atoms with Crippen molar-refractivity contribution in [1.29, 1.82) is 0 Å². The Morgan fingerprint density at radius 1 is 1.26 bits per heavy atom. The number of rotatable bonds is 10. The number of nitrogens with one attached hydrogen (secondary N) is 1. The lowest BCUT2D eigenvalue weighted by Crippen LogP contribution is -2.24. The van der Waals surface area contributed by atoms with Crippen molar-refractivity contribution in [3.05, 3.63) is 82.5 Å². The molecule has 1 aromatic heterocycles. The van der Waals surface area contributed by atoms with Crippen molar-refractivity contribution in [2.75, 3.05) is 11.1 Å². The minimum Gasteiger partial charge on any atom is -0.441 e. The molecule has 0 spiro atoms. The Morgan fingerprint density at radius 2 is 1.97 bits per heavy atom. The predicted octanol–water partition coefficient (Wildman–Crippen LogP) is 7.14. The Bertz CT molecular complexity index is 1130. The van der Waals surface area contributed by atoms with Gasteiger partial charge in [-0.1, -0.05) is 78.3 Å². The molecule has 3 N–H and O–H groups in total. The summed E-state index contributed by atoms with van der Waals surface area (Å²) in [5, 5.41) is 7.33. The SMILES string of the molecule is C=C(CC)[C@H](N)CSCc1ccc(-c2onc(C)c2NC(=O)OC(C)c2ccccc2Cl)cc1. The number of nitrogens with zero attached hydrogens (tertiary/aromatic N) is 1. The van der Waals surface area contributed by atoms with Gasteiger partial charge in [-0.3, -0.25) is 5.32 Å². The van der Waals surface area contributed by atoms with Crippen LogP contribution in [0.3, 0.4) is 0 Å². The van der Waals surface area contributed by atoms with Gasteiger partial charge in [-0.15, -0.1) is 0 Å². The van der Waals surface area contributed by atoms with Gasteiger partial charge in [0, 0.05) is 33.7 Å². The minimum absolute atomic E-state index is 0.0143. The molecule has 0 aliphatic heterocycles. The van der Waals surface area contributed by atoms with Gasteiger partial charge in [0.1, 0.15) is 17.5 Å². The third-order valence-corrected chi connectivity index (χ3v) is 6.95. The van der Waals surface area contributed by atoms with E-state index in [1.165, 1.54) is 5.56 Å². The Hall–Kier alpha value is -2.74. The van der Waals surface area contributed by atoms with Crippen molar-refractivity contribution in [2.24, 2.45) is 5.73 Å². The fourth-order valence-electron chi connectivity index (χ4n) is 3.31. The lowest BCUT2D eigenvalue weighted by atomic mass is 10.1. The summed E-state index contributed by atoms with van der Waals surface area (Å²) < 4.78 is 11.0. The maximum Gasteiger partial charge on any atom is 0.412 e. The van der Waals surface area contributed by atoms with Gasteiger partial charge in [-0.2, -0.15) is 11.8 Å². The third kappa shape index (κ3) is 6.65. The number of anilines is 1. The van der Waals surface area contributed by atoms with Gasteiger partial charge in [-0.25, -0.2) is 4.79 Å². The summed E-state index contributed by atoms with van der Waals surface area (Å²) in [6.07, 6.45) is -0.231. The maximum absolute atomic E-state index is 12.6. The van der Waals surface area contributed by atoms with E-state index in [0.717, 1.165) is 34.6 Å². The molecule has 1 unspecified atom stereocenters. The Balaban J connectivity index is 1.63. The van der Waals surface area contributed by atoms with Gasteiger partial charge < -0.3 is 15.0 Å². The average Bonchev–Trinajstić information content (AvgIpc) is 3.18. The van der Waals surface area contributed by atoms with Crippen LogP contribution in [0.1, 0.15) is 43.2 Å². The summed E-state index contributed by atoms with van der Waals surface area (Å²) in [7, 11) is 0. The number of thioether (sulfide) groups is 1. The molecular weight excluding hydrogens is 470 g/mol. The zero-order chi connectivity index (χ0) is 24.7. The van der Waals surface area contributed by atoms with Crippen molar-refractivity contribution < 1.29 is 14.1 Å². The zero-order valence-corrected chi connectivity index (χ0v) is 21.2. The molecule has 8 heteroatoms. The first-order chi connectivity index (χ1) is 16.3. The summed E-state index contributed by atoms with van der Waals surface area (Å²) in [6, 6.07) is 15.2. The second-order valence-corrected chi connectivity index (χ2v) is 9.43. The van der Waals surface area contributed by atoms with Crippen LogP contribution >= 0.6 is 23.4 Å². The van der Waals surface area contributed by atoms with E-state index in [0.29, 0.717) is 22.2 Å². The summed E-state index contributed by atoms with van der Waals surface area (Å²) in [5.74, 6) is 2.15. The van der Waals surface area contributed by atoms with Crippen LogP contribution in [0.2, 0.25) is 5.02 Å². The molecule has 0 radical (unpaired) electrons. The van der Waals surface area contributed by atoms with Crippen molar-refractivity contribution >= 4 is 35.1 Å². The van der Waals surface area contributed by atoms with Crippen molar-refractivity contribution in [3.8, 4) is 11.3 Å². The molecule has 180 valence electrons. The zero-order valence-electron chi connectivity index (χ0n) is 19.6. The number of nitrogens with two attached hydrogens (primary N) is 1. The number of aromatic nitrogens is 1. The van der Waals surface area contributed by atoms with Gasteiger partial charge in [-0.05, 0) is 31.9 Å². The second kappa shape index (κ2) is 12.1. The molecule has 2 atom stereocenters. The van der Waals surface area contributed by atoms with Crippen LogP contribution in [0.5, 0.6) is 0 Å². The first kappa shape index (κ1) is 25.9. The maximum atomic E-state index is 12.6. The molecule has 2 aromatic carbocycles. The number of amides is 1. The number of ether oxygens (including phenoxy) is 1. The predicted molar refractivity (Wildman–Crippen MR) is 140 cm³/mol. The van der Waals surface area contributed by atoms with Crippen LogP contribution in [-0.2, 0) is 10.5 Å². The van der Waals surface area contributed by atoms with E-state index in [1.807, 2.05) is 42.5 Å². The molecule has 0 bridgehead atoms. The van der Waals surface area contributed by atoms with Crippen molar-refractivity contribution in [2.45, 2.75) is 45.1 Å². The topological polar surface area (TPSA) is 90.4 Å². The molecule has 1 heterocycles. The number of aryl methyl sites for hydroxylation is 1. The second-order valence-electron chi connectivity index (χ2n) is 8.00. The summed E-state index contributed by atoms with van der Waals surface area (Å²) in [5.41, 5.74) is 10.9. The lowest BCUT2D eigenvalue weighted by molar-refractivity contribution is 0.121. The highest BCUT2D eigenvalue weighted by atomic mass is 35.5. The van der Waals surface area contributed by atoms with Crippen LogP contribution < -0.4 is 11.1 Å². The van der Waals surface area contributed by atoms with Crippen LogP contribution in [0.15, 0.2) is 65.2 Å². The van der Waals surface area contributed by atoms with Gasteiger partial charge >= 0.3 is 6.09 Å². The largest absolute Gasteiger partial charge is 0.441 e. The number of carbonyl (C=O) groups is 1. The van der Waals surface area contributed by atoms with E-state index in [-0.39, 0.29) is 6.04 Å². The Labute approximate surface area is 209 Å². The molecule has 0 aliphatic rings. The molecule has 0 fully saturated rings. The van der Waals surface area contributed by atoms with Gasteiger partial charge in [0.25, 0.3) is 0 Å². The third-order valence-electron chi connectivity index (χ3n) is 5.48. The molecule has 34 heavy (non-hydrogen) atoms. The number of carbonyl (C=O) groups excluding carboxylic acids is 1. The molecule has 0 saturated heterocycles. The molecule has 0 saturated carbocycles. The molecule has 6 nitrogen and oxygen atoms in total. The highest BCUT2D eigenvalue weighted by Crippen LogP contribution is 2.32. The van der Waals surface area contributed by atoms with Crippen LogP contribution in [0, 0.1) is 6.92 Å². The Kier molecular flexibility index (Phi) is 9.21. The van der Waals surface area contributed by atoms with E-state index < -0.39 is 12.2 Å². The standard InChI is InChI=1S/C26H30ClN3O3S/c1-5-16(2)23(28)15-34-14-19-10-12-20(13-11-19)25-24(17(3)30-33-25)29-26(31)32-18(4)21-8-6-7-9-22(21)27/h6-13,18,23H,2,5,14-15,28H2,1,3-4H3,(H,29,31)/t18?,23-/m1/s1. The van der Waals surface area contributed by atoms with E-state index in [9.17, 15) is 4.79 Å². The molecule has 1 amide bonds. The number of benzene rings is 2. The van der Waals surface area contributed by atoms with E-state index in [4.69, 9.17) is 26.6 Å². The van der Waals surface area contributed by atoms with Crippen LogP contribution in [-0.4, -0.2) is 23.0 Å². The number of hydrogen-bond acceptors (Lipinski definition) is 6. The van der Waals surface area contributed by atoms with Crippen LogP contribution in [0.25, 0.3) is 11.3 Å². The summed E-state index contributed by atoms with van der Waals surface area (Å²) in [4.78, 5) is 12.6. The number of halogens is 1. The molecular formula is C26H30ClN3O3S. The van der Waals surface area contributed by atoms with Gasteiger partial charge in [0.2, 0.25) is 0 Å².